The van der Waals surface area contributed by atoms with Gasteiger partial charge >= 0.3 is 5.97 Å². The standard InChI is InChI=1S/C15H20O8S/c1-8-4-6-11(7-5-8)24(19,20)23-13-12(17)9(2)21-15(18)14(13)22-10(3)16/h4-7,9,12-15,17-18H,1-3H3/t9-,12+,13-,14+,15-/m1/s1. The third-order valence-corrected chi connectivity index (χ3v) is 4.95. The summed E-state index contributed by atoms with van der Waals surface area (Å²) >= 11 is 0. The molecule has 8 nitrogen and oxygen atoms in total. The quantitative estimate of drug-likeness (QED) is 0.573. The summed E-state index contributed by atoms with van der Waals surface area (Å²) < 4.78 is 39.8. The number of aliphatic hydroxyl groups is 2. The van der Waals surface area contributed by atoms with E-state index >= 15 is 0 Å². The first-order valence-electron chi connectivity index (χ1n) is 7.30. The topological polar surface area (TPSA) is 119 Å². The number of aliphatic hydroxyl groups excluding tert-OH is 2. The molecule has 1 aromatic rings. The summed E-state index contributed by atoms with van der Waals surface area (Å²) in [5, 5.41) is 20.1. The molecule has 0 amide bonds. The highest BCUT2D eigenvalue weighted by Crippen LogP contribution is 2.28. The van der Waals surface area contributed by atoms with Crippen LogP contribution in [0.25, 0.3) is 0 Å². The maximum atomic E-state index is 12.4. The van der Waals surface area contributed by atoms with E-state index in [2.05, 4.69) is 0 Å². The van der Waals surface area contributed by atoms with Gasteiger partial charge in [-0.25, -0.2) is 0 Å². The van der Waals surface area contributed by atoms with Crippen LogP contribution in [0.15, 0.2) is 29.2 Å². The van der Waals surface area contributed by atoms with Crippen molar-refractivity contribution >= 4 is 16.1 Å². The molecule has 9 heteroatoms. The number of benzene rings is 1. The van der Waals surface area contributed by atoms with Crippen LogP contribution in [0.1, 0.15) is 19.4 Å². The summed E-state index contributed by atoms with van der Waals surface area (Å²) in [4.78, 5) is 11.1. The van der Waals surface area contributed by atoms with E-state index in [0.29, 0.717) is 0 Å². The lowest BCUT2D eigenvalue weighted by molar-refractivity contribution is -0.277. The van der Waals surface area contributed by atoms with Gasteiger partial charge in [0.1, 0.15) is 12.2 Å². The lowest BCUT2D eigenvalue weighted by Crippen LogP contribution is -2.59. The highest BCUT2D eigenvalue weighted by atomic mass is 32.2. The third-order valence-electron chi connectivity index (χ3n) is 3.63. The van der Waals surface area contributed by atoms with Crippen molar-refractivity contribution in [3.63, 3.8) is 0 Å². The predicted molar refractivity (Wildman–Crippen MR) is 81.4 cm³/mol. The molecule has 1 saturated heterocycles. The van der Waals surface area contributed by atoms with Crippen LogP contribution in [-0.4, -0.2) is 55.3 Å². The van der Waals surface area contributed by atoms with Crippen molar-refractivity contribution in [3.8, 4) is 0 Å². The molecule has 24 heavy (non-hydrogen) atoms. The number of carbonyl (C=O) groups excluding carboxylic acids is 1. The molecule has 1 aliphatic heterocycles. The summed E-state index contributed by atoms with van der Waals surface area (Å²) in [7, 11) is -4.24. The molecule has 0 saturated carbocycles. The van der Waals surface area contributed by atoms with Gasteiger partial charge in [0, 0.05) is 6.92 Å². The predicted octanol–water partition coefficient (Wildman–Crippen LogP) is 0.0986. The van der Waals surface area contributed by atoms with Gasteiger partial charge in [0.15, 0.2) is 12.4 Å². The van der Waals surface area contributed by atoms with E-state index in [-0.39, 0.29) is 4.90 Å². The van der Waals surface area contributed by atoms with Gasteiger partial charge in [0.2, 0.25) is 0 Å². The fraction of sp³-hybridized carbons (Fsp3) is 0.533. The Morgan fingerprint density at radius 3 is 2.29 bits per heavy atom. The molecule has 0 unspecified atom stereocenters. The molecule has 0 spiro atoms. The molecule has 0 aliphatic carbocycles. The van der Waals surface area contributed by atoms with Crippen molar-refractivity contribution in [2.45, 2.75) is 56.4 Å². The second-order valence-corrected chi connectivity index (χ2v) is 7.20. The Hall–Kier alpha value is -1.52. The monoisotopic (exact) mass is 360 g/mol. The number of aryl methyl sites for hydroxylation is 1. The van der Waals surface area contributed by atoms with Crippen LogP contribution in [0, 0.1) is 6.92 Å². The number of rotatable bonds is 4. The number of hydrogen-bond acceptors (Lipinski definition) is 8. The molecule has 1 heterocycles. The van der Waals surface area contributed by atoms with E-state index in [4.69, 9.17) is 13.7 Å². The molecule has 1 aliphatic rings. The minimum absolute atomic E-state index is 0.115. The zero-order chi connectivity index (χ0) is 18.1. The first kappa shape index (κ1) is 18.8. The zero-order valence-electron chi connectivity index (χ0n) is 13.4. The van der Waals surface area contributed by atoms with E-state index in [1.54, 1.807) is 19.1 Å². The zero-order valence-corrected chi connectivity index (χ0v) is 14.3. The van der Waals surface area contributed by atoms with Gasteiger partial charge < -0.3 is 19.7 Å². The fourth-order valence-electron chi connectivity index (χ4n) is 2.34. The van der Waals surface area contributed by atoms with Gasteiger partial charge in [0.25, 0.3) is 10.1 Å². The molecule has 0 bridgehead atoms. The van der Waals surface area contributed by atoms with Crippen molar-refractivity contribution in [1.29, 1.82) is 0 Å². The number of carbonyl (C=O) groups is 1. The van der Waals surface area contributed by atoms with Gasteiger partial charge in [-0.15, -0.1) is 0 Å². The smallest absolute Gasteiger partial charge is 0.303 e. The van der Waals surface area contributed by atoms with Crippen molar-refractivity contribution in [2.75, 3.05) is 0 Å². The summed E-state index contributed by atoms with van der Waals surface area (Å²) in [5.74, 6) is -0.772. The van der Waals surface area contributed by atoms with Gasteiger partial charge in [0.05, 0.1) is 11.0 Å². The van der Waals surface area contributed by atoms with Crippen LogP contribution in [-0.2, 0) is 28.6 Å². The van der Waals surface area contributed by atoms with Gasteiger partial charge in [-0.3, -0.25) is 8.98 Å². The van der Waals surface area contributed by atoms with Crippen molar-refractivity contribution in [1.82, 2.24) is 0 Å². The Morgan fingerprint density at radius 1 is 1.17 bits per heavy atom. The average molecular weight is 360 g/mol. The lowest BCUT2D eigenvalue weighted by Gasteiger charge is -2.40. The first-order chi connectivity index (χ1) is 11.1. The van der Waals surface area contributed by atoms with E-state index in [1.807, 2.05) is 0 Å². The Morgan fingerprint density at radius 2 is 1.75 bits per heavy atom. The molecule has 2 rings (SSSR count). The third kappa shape index (κ3) is 4.11. The molecule has 2 N–H and O–H groups in total. The highest BCUT2D eigenvalue weighted by molar-refractivity contribution is 7.86. The SMILES string of the molecule is CC(=O)O[C@H]1[C@H](OS(=O)(=O)c2ccc(C)cc2)[C@@H](O)[C@@H](C)O[C@H]1O. The molecular formula is C15H20O8S. The molecule has 1 fully saturated rings. The molecule has 0 aromatic heterocycles. The van der Waals surface area contributed by atoms with Crippen LogP contribution in [0.2, 0.25) is 0 Å². The van der Waals surface area contributed by atoms with Crippen LogP contribution in [0.4, 0.5) is 0 Å². The minimum atomic E-state index is -4.24. The van der Waals surface area contributed by atoms with Crippen molar-refractivity contribution in [3.05, 3.63) is 29.8 Å². The normalized spacial score (nSPS) is 30.8. The molecule has 134 valence electrons. The van der Waals surface area contributed by atoms with E-state index < -0.39 is 46.8 Å². The molecule has 1 aromatic carbocycles. The van der Waals surface area contributed by atoms with E-state index in [0.717, 1.165) is 12.5 Å². The number of ether oxygens (including phenoxy) is 2. The second kappa shape index (κ2) is 7.16. The highest BCUT2D eigenvalue weighted by Gasteiger charge is 2.48. The van der Waals surface area contributed by atoms with Crippen LogP contribution in [0.5, 0.6) is 0 Å². The Balaban J connectivity index is 2.30. The van der Waals surface area contributed by atoms with Crippen molar-refractivity contribution in [2.24, 2.45) is 0 Å². The fourth-order valence-corrected chi connectivity index (χ4v) is 3.43. The lowest BCUT2D eigenvalue weighted by atomic mass is 10.00. The van der Waals surface area contributed by atoms with Gasteiger partial charge in [-0.1, -0.05) is 17.7 Å². The van der Waals surface area contributed by atoms with Gasteiger partial charge in [-0.05, 0) is 26.0 Å². The number of hydrogen-bond donors (Lipinski definition) is 2. The maximum absolute atomic E-state index is 12.4. The van der Waals surface area contributed by atoms with Crippen LogP contribution < -0.4 is 0 Å². The van der Waals surface area contributed by atoms with Crippen LogP contribution >= 0.6 is 0 Å². The van der Waals surface area contributed by atoms with E-state index in [9.17, 15) is 23.4 Å². The molecule has 0 radical (unpaired) electrons. The van der Waals surface area contributed by atoms with Crippen LogP contribution in [0.3, 0.4) is 0 Å². The Kier molecular flexibility index (Phi) is 5.61. The summed E-state index contributed by atoms with van der Waals surface area (Å²) in [6.45, 7) is 4.32. The molecular weight excluding hydrogens is 340 g/mol. The maximum Gasteiger partial charge on any atom is 0.303 e. The number of esters is 1. The first-order valence-corrected chi connectivity index (χ1v) is 8.71. The average Bonchev–Trinajstić information content (AvgIpc) is 2.48. The summed E-state index contributed by atoms with van der Waals surface area (Å²) in [6, 6.07) is 5.91. The summed E-state index contributed by atoms with van der Waals surface area (Å²) in [6.07, 6.45) is -6.93. The Labute approximate surface area is 140 Å². The van der Waals surface area contributed by atoms with Gasteiger partial charge in [-0.2, -0.15) is 8.42 Å². The Bertz CT molecular complexity index is 684. The van der Waals surface area contributed by atoms with Crippen molar-refractivity contribution < 1.29 is 37.1 Å². The largest absolute Gasteiger partial charge is 0.454 e. The summed E-state index contributed by atoms with van der Waals surface area (Å²) in [5.41, 5.74) is 0.863. The second-order valence-electron chi connectivity index (χ2n) is 5.62. The van der Waals surface area contributed by atoms with E-state index in [1.165, 1.54) is 19.1 Å². The minimum Gasteiger partial charge on any atom is -0.454 e. The molecule has 5 atom stereocenters.